The average Bonchev–Trinajstić information content (AvgIpc) is 3.29. The van der Waals surface area contributed by atoms with Crippen molar-refractivity contribution in [2.75, 3.05) is 0 Å². The van der Waals surface area contributed by atoms with Crippen LogP contribution in [-0.2, 0) is 0 Å². The zero-order chi connectivity index (χ0) is 38.2. The van der Waals surface area contributed by atoms with Gasteiger partial charge >= 0.3 is 0 Å². The normalized spacial score (nSPS) is 15.8. The average molecular weight is 739 g/mol. The first-order valence-corrected chi connectivity index (χ1v) is 20.2. The monoisotopic (exact) mass is 738 g/mol. The van der Waals surface area contributed by atoms with Gasteiger partial charge in [-0.05, 0) is 116 Å². The Morgan fingerprint density at radius 3 is 1.52 bits per heavy atom. The van der Waals surface area contributed by atoms with Crippen molar-refractivity contribution in [3.8, 4) is 11.1 Å². The van der Waals surface area contributed by atoms with Gasteiger partial charge in [-0.15, -0.1) is 0 Å². The first-order chi connectivity index (χ1) is 28.8. The smallest absolute Gasteiger partial charge is 0.104 e. The van der Waals surface area contributed by atoms with E-state index in [-0.39, 0.29) is 12.2 Å². The Kier molecular flexibility index (Phi) is 7.47. The molecule has 11 aromatic carbocycles. The number of hydrogen-bond donors (Lipinski definition) is 2. The van der Waals surface area contributed by atoms with Crippen LogP contribution in [0.3, 0.4) is 0 Å². The molecule has 0 fully saturated rings. The van der Waals surface area contributed by atoms with Gasteiger partial charge in [0.1, 0.15) is 6.17 Å². The fourth-order valence-electron chi connectivity index (χ4n) is 9.85. The van der Waals surface area contributed by atoms with E-state index in [1.807, 2.05) is 0 Å². The summed E-state index contributed by atoms with van der Waals surface area (Å²) in [6.07, 6.45) is 2.31. The molecule has 2 nitrogen and oxygen atoms in total. The molecule has 2 N–H and O–H groups in total. The van der Waals surface area contributed by atoms with Crippen LogP contribution >= 0.6 is 0 Å². The predicted molar refractivity (Wildman–Crippen MR) is 247 cm³/mol. The van der Waals surface area contributed by atoms with Crippen LogP contribution in [0.4, 0.5) is 0 Å². The molecule has 272 valence electrons. The van der Waals surface area contributed by atoms with Gasteiger partial charge in [-0.25, -0.2) is 0 Å². The van der Waals surface area contributed by atoms with Gasteiger partial charge in [-0.1, -0.05) is 188 Å². The van der Waals surface area contributed by atoms with Crippen molar-refractivity contribution in [2.45, 2.75) is 12.2 Å². The predicted octanol–water partition coefficient (Wildman–Crippen LogP) is 14.4. The fourth-order valence-corrected chi connectivity index (χ4v) is 9.85. The minimum atomic E-state index is -0.116. The van der Waals surface area contributed by atoms with Crippen molar-refractivity contribution in [3.63, 3.8) is 0 Å². The SMILES string of the molecule is C1=C(c2ccc(-c3c4ccccc4cc4c3ccc3ccccc34)c3ccccc23)NC(c2ccccc2)NC1c1c2ccccc2cc2c1ccc1ccccc12. The molecule has 2 heteroatoms. The van der Waals surface area contributed by atoms with Gasteiger partial charge in [0.05, 0.1) is 6.04 Å². The Labute approximate surface area is 336 Å². The zero-order valence-electron chi connectivity index (χ0n) is 31.8. The molecule has 0 saturated carbocycles. The van der Waals surface area contributed by atoms with Gasteiger partial charge in [0, 0.05) is 11.3 Å². The summed E-state index contributed by atoms with van der Waals surface area (Å²) in [7, 11) is 0. The van der Waals surface area contributed by atoms with Crippen LogP contribution in [0.15, 0.2) is 206 Å². The van der Waals surface area contributed by atoms with Crippen LogP contribution in [0.5, 0.6) is 0 Å². The molecular formula is C56H38N2. The van der Waals surface area contributed by atoms with Crippen molar-refractivity contribution in [2.24, 2.45) is 0 Å². The van der Waals surface area contributed by atoms with Crippen molar-refractivity contribution < 1.29 is 0 Å². The summed E-state index contributed by atoms with van der Waals surface area (Å²) in [5, 5.41) is 25.7. The van der Waals surface area contributed by atoms with Crippen molar-refractivity contribution in [3.05, 3.63) is 223 Å². The van der Waals surface area contributed by atoms with E-state index in [2.05, 4.69) is 217 Å². The number of hydrogen-bond acceptors (Lipinski definition) is 2. The van der Waals surface area contributed by atoms with Gasteiger partial charge < -0.3 is 5.32 Å². The molecule has 0 amide bonds. The first kappa shape index (κ1) is 32.9. The molecule has 0 saturated heterocycles. The summed E-state index contributed by atoms with van der Waals surface area (Å²) in [6.45, 7) is 0. The second-order valence-electron chi connectivity index (χ2n) is 15.7. The van der Waals surface area contributed by atoms with Crippen LogP contribution in [0.2, 0.25) is 0 Å². The second-order valence-corrected chi connectivity index (χ2v) is 15.7. The highest BCUT2D eigenvalue weighted by Gasteiger charge is 2.28. The van der Waals surface area contributed by atoms with E-state index in [1.165, 1.54) is 103 Å². The summed E-state index contributed by atoms with van der Waals surface area (Å²) >= 11 is 0. The Balaban J connectivity index is 1.11. The third-order valence-corrected chi connectivity index (χ3v) is 12.5. The number of fused-ring (bicyclic) bond motifs is 9. The molecule has 11 aromatic rings. The lowest BCUT2D eigenvalue weighted by Crippen LogP contribution is -2.39. The summed E-state index contributed by atoms with van der Waals surface area (Å²) < 4.78 is 0. The molecule has 0 radical (unpaired) electrons. The standard InChI is InChI=1S/C56H38N2/c1-2-16-37(17-3-1)56-57-52(34-53(58-56)55-43-23-11-7-19-39(43)33-51-41-21-9-5-15-36(41)27-29-49(51)55)46-30-31-47(45-25-13-12-24-44(45)46)54-42-22-10-6-18-38(42)32-50-40-20-8-4-14-35(40)26-28-48(50)54/h1-34,53,56-58H. The molecule has 0 aromatic heterocycles. The van der Waals surface area contributed by atoms with E-state index < -0.39 is 0 Å². The molecule has 0 spiro atoms. The third kappa shape index (κ3) is 5.16. The number of rotatable bonds is 4. The quantitative estimate of drug-likeness (QED) is 0.139. The largest absolute Gasteiger partial charge is 0.366 e. The van der Waals surface area contributed by atoms with Gasteiger partial charge in [-0.3, -0.25) is 5.32 Å². The maximum atomic E-state index is 4.07. The van der Waals surface area contributed by atoms with Crippen molar-refractivity contribution >= 4 is 81.1 Å². The van der Waals surface area contributed by atoms with E-state index in [9.17, 15) is 0 Å². The lowest BCUT2D eigenvalue weighted by molar-refractivity contribution is 0.445. The number of nitrogens with one attached hydrogen (secondary N) is 2. The maximum absolute atomic E-state index is 4.07. The van der Waals surface area contributed by atoms with Crippen molar-refractivity contribution in [1.29, 1.82) is 0 Å². The molecule has 0 aliphatic carbocycles. The molecule has 58 heavy (non-hydrogen) atoms. The van der Waals surface area contributed by atoms with E-state index in [4.69, 9.17) is 0 Å². The zero-order valence-corrected chi connectivity index (χ0v) is 31.8. The highest BCUT2D eigenvalue weighted by Crippen LogP contribution is 2.45. The minimum Gasteiger partial charge on any atom is -0.366 e. The van der Waals surface area contributed by atoms with Crippen molar-refractivity contribution in [1.82, 2.24) is 10.6 Å². The lowest BCUT2D eigenvalue weighted by atomic mass is 9.85. The summed E-state index contributed by atoms with van der Waals surface area (Å²) in [5.74, 6) is 0. The molecule has 1 aliphatic rings. The van der Waals surface area contributed by atoms with Gasteiger partial charge in [0.2, 0.25) is 0 Å². The van der Waals surface area contributed by atoms with Crippen LogP contribution < -0.4 is 10.6 Å². The van der Waals surface area contributed by atoms with Gasteiger partial charge in [0.15, 0.2) is 0 Å². The topological polar surface area (TPSA) is 24.1 Å². The highest BCUT2D eigenvalue weighted by atomic mass is 15.2. The molecule has 1 aliphatic heterocycles. The molecule has 2 unspecified atom stereocenters. The van der Waals surface area contributed by atoms with Crippen LogP contribution in [0.1, 0.15) is 28.9 Å². The van der Waals surface area contributed by atoms with E-state index in [1.54, 1.807) is 0 Å². The van der Waals surface area contributed by atoms with Crippen LogP contribution in [0, 0.1) is 0 Å². The van der Waals surface area contributed by atoms with E-state index in [0.717, 1.165) is 5.70 Å². The van der Waals surface area contributed by atoms with Gasteiger partial charge in [-0.2, -0.15) is 0 Å². The molecule has 1 heterocycles. The van der Waals surface area contributed by atoms with Crippen LogP contribution in [0.25, 0.3) is 92.2 Å². The summed E-state index contributed by atoms with van der Waals surface area (Å²) in [5.41, 5.74) is 7.34. The Morgan fingerprint density at radius 2 is 0.828 bits per heavy atom. The maximum Gasteiger partial charge on any atom is 0.104 e. The second kappa shape index (κ2) is 13.2. The van der Waals surface area contributed by atoms with E-state index >= 15 is 0 Å². The molecule has 2 atom stereocenters. The minimum absolute atomic E-state index is 0.0788. The Bertz CT molecular complexity index is 3470. The highest BCUT2D eigenvalue weighted by molar-refractivity contribution is 6.23. The Hall–Kier alpha value is -7.26. The molecule has 12 rings (SSSR count). The Morgan fingerprint density at radius 1 is 0.328 bits per heavy atom. The first-order valence-electron chi connectivity index (χ1n) is 20.2. The summed E-state index contributed by atoms with van der Waals surface area (Å²) in [4.78, 5) is 0. The molecule has 0 bridgehead atoms. The lowest BCUT2D eigenvalue weighted by Gasteiger charge is -2.34. The fraction of sp³-hybridized carbons (Fsp3) is 0.0357. The molecular weight excluding hydrogens is 701 g/mol. The number of benzene rings is 11. The van der Waals surface area contributed by atoms with Crippen LogP contribution in [-0.4, -0.2) is 0 Å². The van der Waals surface area contributed by atoms with E-state index in [0.29, 0.717) is 0 Å². The third-order valence-electron chi connectivity index (χ3n) is 12.5. The van der Waals surface area contributed by atoms with Gasteiger partial charge in [0.25, 0.3) is 0 Å². The summed E-state index contributed by atoms with van der Waals surface area (Å²) in [6, 6.07) is 73.6.